The Morgan fingerprint density at radius 2 is 1.93 bits per heavy atom. The first-order valence-corrected chi connectivity index (χ1v) is 9.51. The maximum absolute atomic E-state index is 12.4. The molecule has 0 spiro atoms. The molecule has 1 aliphatic heterocycles. The number of hydrogen-bond donors (Lipinski definition) is 1. The van der Waals surface area contributed by atoms with E-state index in [2.05, 4.69) is 26.3 Å². The summed E-state index contributed by atoms with van der Waals surface area (Å²) in [5.41, 5.74) is 4.60. The van der Waals surface area contributed by atoms with Crippen molar-refractivity contribution in [2.75, 3.05) is 0 Å². The van der Waals surface area contributed by atoms with Crippen LogP contribution in [0.3, 0.4) is 0 Å². The summed E-state index contributed by atoms with van der Waals surface area (Å²) in [6, 6.07) is 17.4. The molecule has 134 valence electrons. The molecule has 0 fully saturated rings. The fourth-order valence-corrected chi connectivity index (χ4v) is 3.67. The minimum absolute atomic E-state index is 0.159. The van der Waals surface area contributed by atoms with E-state index in [4.69, 9.17) is 11.6 Å². The number of aryl methyl sites for hydroxylation is 1. The Labute approximate surface area is 170 Å². The lowest BCUT2D eigenvalue weighted by Crippen LogP contribution is -2.15. The van der Waals surface area contributed by atoms with Crippen molar-refractivity contribution in [3.8, 4) is 5.69 Å². The average molecular weight is 441 g/mol. The van der Waals surface area contributed by atoms with Gasteiger partial charge in [0, 0.05) is 21.3 Å². The lowest BCUT2D eigenvalue weighted by atomic mass is 10.1. The van der Waals surface area contributed by atoms with Crippen molar-refractivity contribution >= 4 is 45.2 Å². The molecule has 0 aliphatic carbocycles. The SMILES string of the molecule is Cc1nn(-c2ccccc2)c(Cl)c1C=C1C=C(c2cccc(Br)c2)NC1=O. The molecule has 2 aromatic carbocycles. The fraction of sp³-hybridized carbons (Fsp3) is 0.0476. The third-order valence-corrected chi connectivity index (χ3v) is 5.15. The molecular weight excluding hydrogens is 426 g/mol. The number of nitrogens with zero attached hydrogens (tertiary/aromatic N) is 2. The largest absolute Gasteiger partial charge is 0.321 e. The van der Waals surface area contributed by atoms with Gasteiger partial charge in [0.15, 0.2) is 0 Å². The molecule has 0 saturated carbocycles. The van der Waals surface area contributed by atoms with Crippen molar-refractivity contribution in [3.05, 3.63) is 92.7 Å². The smallest absolute Gasteiger partial charge is 0.255 e. The Bertz CT molecular complexity index is 1100. The van der Waals surface area contributed by atoms with Crippen LogP contribution < -0.4 is 5.32 Å². The number of rotatable bonds is 3. The maximum atomic E-state index is 12.4. The predicted molar refractivity (Wildman–Crippen MR) is 112 cm³/mol. The predicted octanol–water partition coefficient (Wildman–Crippen LogP) is 5.15. The van der Waals surface area contributed by atoms with Crippen molar-refractivity contribution in [1.82, 2.24) is 15.1 Å². The number of halogens is 2. The Morgan fingerprint density at radius 1 is 1.15 bits per heavy atom. The molecular formula is C21H15BrClN3O. The number of benzene rings is 2. The van der Waals surface area contributed by atoms with Crippen LogP contribution >= 0.6 is 27.5 Å². The normalized spacial score (nSPS) is 15.1. The molecule has 0 unspecified atom stereocenters. The summed E-state index contributed by atoms with van der Waals surface area (Å²) >= 11 is 10.0. The van der Waals surface area contributed by atoms with Gasteiger partial charge in [-0.1, -0.05) is 57.9 Å². The van der Waals surface area contributed by atoms with Gasteiger partial charge in [-0.25, -0.2) is 4.68 Å². The summed E-state index contributed by atoms with van der Waals surface area (Å²) in [5.74, 6) is -0.159. The molecule has 0 radical (unpaired) electrons. The summed E-state index contributed by atoms with van der Waals surface area (Å²) in [4.78, 5) is 12.4. The van der Waals surface area contributed by atoms with Crippen molar-refractivity contribution < 1.29 is 4.79 Å². The highest BCUT2D eigenvalue weighted by molar-refractivity contribution is 9.10. The van der Waals surface area contributed by atoms with Crippen LogP contribution in [0.5, 0.6) is 0 Å². The van der Waals surface area contributed by atoms with Crippen LogP contribution in [0.25, 0.3) is 17.5 Å². The van der Waals surface area contributed by atoms with E-state index in [9.17, 15) is 4.79 Å². The van der Waals surface area contributed by atoms with Gasteiger partial charge in [-0.05, 0) is 48.9 Å². The van der Waals surface area contributed by atoms with Gasteiger partial charge in [-0.3, -0.25) is 4.79 Å². The summed E-state index contributed by atoms with van der Waals surface area (Å²) in [6.45, 7) is 1.88. The molecule has 4 rings (SSSR count). The Balaban J connectivity index is 1.74. The maximum Gasteiger partial charge on any atom is 0.255 e. The lowest BCUT2D eigenvalue weighted by Gasteiger charge is -2.02. The van der Waals surface area contributed by atoms with Crippen LogP contribution in [0.1, 0.15) is 16.8 Å². The van der Waals surface area contributed by atoms with Gasteiger partial charge in [0.25, 0.3) is 5.91 Å². The molecule has 1 aromatic heterocycles. The molecule has 1 aliphatic rings. The topological polar surface area (TPSA) is 46.9 Å². The second kappa shape index (κ2) is 7.18. The van der Waals surface area contributed by atoms with Crippen LogP contribution in [0, 0.1) is 6.92 Å². The van der Waals surface area contributed by atoms with E-state index >= 15 is 0 Å². The third-order valence-electron chi connectivity index (χ3n) is 4.29. The van der Waals surface area contributed by atoms with E-state index in [0.717, 1.165) is 32.7 Å². The number of carbonyl (C=O) groups excluding carboxylic acids is 1. The average Bonchev–Trinajstić information content (AvgIpc) is 3.17. The summed E-state index contributed by atoms with van der Waals surface area (Å²) in [6.07, 6.45) is 3.62. The quantitative estimate of drug-likeness (QED) is 0.573. The van der Waals surface area contributed by atoms with Gasteiger partial charge in [0.1, 0.15) is 5.15 Å². The zero-order valence-corrected chi connectivity index (χ0v) is 16.8. The summed E-state index contributed by atoms with van der Waals surface area (Å²) in [7, 11) is 0. The van der Waals surface area contributed by atoms with E-state index in [-0.39, 0.29) is 5.91 Å². The second-order valence-electron chi connectivity index (χ2n) is 6.16. The molecule has 1 N–H and O–H groups in total. The lowest BCUT2D eigenvalue weighted by molar-refractivity contribution is -0.115. The zero-order valence-electron chi connectivity index (χ0n) is 14.4. The van der Waals surface area contributed by atoms with Gasteiger partial charge >= 0.3 is 0 Å². The monoisotopic (exact) mass is 439 g/mol. The van der Waals surface area contributed by atoms with Crippen molar-refractivity contribution in [2.45, 2.75) is 6.92 Å². The first-order chi connectivity index (χ1) is 13.0. The number of hydrogen-bond acceptors (Lipinski definition) is 2. The van der Waals surface area contributed by atoms with Crippen LogP contribution in [0.4, 0.5) is 0 Å². The number of amides is 1. The molecule has 2 heterocycles. The molecule has 4 nitrogen and oxygen atoms in total. The van der Waals surface area contributed by atoms with Gasteiger partial charge in [0.2, 0.25) is 0 Å². The number of aromatic nitrogens is 2. The second-order valence-corrected chi connectivity index (χ2v) is 7.43. The van der Waals surface area contributed by atoms with Crippen molar-refractivity contribution in [2.24, 2.45) is 0 Å². The molecule has 6 heteroatoms. The first-order valence-electron chi connectivity index (χ1n) is 8.34. The Morgan fingerprint density at radius 3 is 2.67 bits per heavy atom. The molecule has 27 heavy (non-hydrogen) atoms. The van der Waals surface area contributed by atoms with Crippen molar-refractivity contribution in [3.63, 3.8) is 0 Å². The highest BCUT2D eigenvalue weighted by Gasteiger charge is 2.21. The minimum Gasteiger partial charge on any atom is -0.321 e. The number of carbonyl (C=O) groups is 1. The van der Waals surface area contributed by atoms with E-state index in [1.807, 2.05) is 67.6 Å². The van der Waals surface area contributed by atoms with E-state index in [1.54, 1.807) is 10.8 Å². The van der Waals surface area contributed by atoms with Crippen LogP contribution in [0.15, 0.2) is 70.7 Å². The number of para-hydroxylation sites is 1. The highest BCUT2D eigenvalue weighted by Crippen LogP contribution is 2.29. The molecule has 0 saturated heterocycles. The van der Waals surface area contributed by atoms with Gasteiger partial charge < -0.3 is 5.32 Å². The third kappa shape index (κ3) is 3.48. The summed E-state index contributed by atoms with van der Waals surface area (Å²) < 4.78 is 2.63. The van der Waals surface area contributed by atoms with Gasteiger partial charge in [0.05, 0.1) is 11.4 Å². The highest BCUT2D eigenvalue weighted by atomic mass is 79.9. The van der Waals surface area contributed by atoms with E-state index < -0.39 is 0 Å². The molecule has 0 bridgehead atoms. The first kappa shape index (κ1) is 17.8. The van der Waals surface area contributed by atoms with Crippen LogP contribution in [-0.2, 0) is 4.79 Å². The van der Waals surface area contributed by atoms with Crippen LogP contribution in [0.2, 0.25) is 5.15 Å². The Hall–Kier alpha value is -2.63. The standard InChI is InChI=1S/C21H15BrClN3O/c1-13-18(20(23)26(25-13)17-8-3-2-4-9-17)11-15-12-19(24-21(15)27)14-6-5-7-16(22)10-14/h2-12H,1H3,(H,24,27). The minimum atomic E-state index is -0.159. The van der Waals surface area contributed by atoms with Gasteiger partial charge in [-0.15, -0.1) is 0 Å². The summed E-state index contributed by atoms with van der Waals surface area (Å²) in [5, 5.41) is 7.90. The van der Waals surface area contributed by atoms with Crippen LogP contribution in [-0.4, -0.2) is 15.7 Å². The van der Waals surface area contributed by atoms with Gasteiger partial charge in [-0.2, -0.15) is 5.10 Å². The van der Waals surface area contributed by atoms with E-state index in [0.29, 0.717) is 10.7 Å². The molecule has 1 amide bonds. The molecule has 3 aromatic rings. The van der Waals surface area contributed by atoms with Crippen molar-refractivity contribution in [1.29, 1.82) is 0 Å². The fourth-order valence-electron chi connectivity index (χ4n) is 2.94. The van der Waals surface area contributed by atoms with E-state index in [1.165, 1.54) is 0 Å². The number of nitrogens with one attached hydrogen (secondary N) is 1. The zero-order chi connectivity index (χ0) is 19.0. The Kier molecular flexibility index (Phi) is 4.72. The molecule has 0 atom stereocenters.